The fraction of sp³-hybridized carbons (Fsp3) is 0.484. The van der Waals surface area contributed by atoms with E-state index in [4.69, 9.17) is 4.74 Å². The molecule has 2 aliphatic rings. The van der Waals surface area contributed by atoms with Gasteiger partial charge in [-0.05, 0) is 118 Å². The van der Waals surface area contributed by atoms with Gasteiger partial charge in [0.1, 0.15) is 0 Å². The summed E-state index contributed by atoms with van der Waals surface area (Å²) in [5.74, 6) is -0.249. The normalized spacial score (nSPS) is 25.4. The van der Waals surface area contributed by atoms with E-state index in [9.17, 15) is 4.39 Å². The quantitative estimate of drug-likeness (QED) is 0.357. The Labute approximate surface area is 208 Å². The first kappa shape index (κ1) is 25.6. The molecule has 0 amide bonds. The zero-order chi connectivity index (χ0) is 24.8. The highest BCUT2D eigenvalue weighted by Crippen LogP contribution is 2.42. The van der Waals surface area contributed by atoms with Gasteiger partial charge in [0.25, 0.3) is 0 Å². The number of hydrogen-bond donors (Lipinski definition) is 0. The maximum atomic E-state index is 15.1. The molecule has 2 saturated carbocycles. The van der Waals surface area contributed by atoms with Gasteiger partial charge in [0.2, 0.25) is 0 Å². The minimum atomic E-state index is -0.637. The van der Waals surface area contributed by atoms with Crippen LogP contribution in [0.5, 0.6) is 5.75 Å². The highest BCUT2D eigenvalue weighted by Gasteiger charge is 2.29. The van der Waals surface area contributed by atoms with E-state index in [1.165, 1.54) is 6.07 Å². The van der Waals surface area contributed by atoms with Crippen LogP contribution in [-0.4, -0.2) is 6.61 Å². The lowest BCUT2D eigenvalue weighted by atomic mass is 9.76. The van der Waals surface area contributed by atoms with Crippen LogP contribution in [0.15, 0.2) is 48.6 Å². The highest BCUT2D eigenvalue weighted by atomic mass is 19.2. The molecular formula is C31H37F3O. The third-order valence-corrected chi connectivity index (χ3v) is 7.85. The molecule has 0 spiro atoms. The van der Waals surface area contributed by atoms with Gasteiger partial charge in [0.05, 0.1) is 6.61 Å². The summed E-state index contributed by atoms with van der Waals surface area (Å²) in [6.07, 6.45) is 15.8. The second kappa shape index (κ2) is 12.0. The molecule has 4 heteroatoms. The standard InChI is InChI=1S/C31H37F3O/c1-3-5-21-8-13-24(14-9-21)26-17-18-27(31(34)30(26)33)25-15-10-22(11-16-25)6-7-23-12-19-29(35-4-2)28(32)20-23/h3,5-7,12,17-22,24-25H,4,8-11,13-16H2,1-2H3. The van der Waals surface area contributed by atoms with Crippen LogP contribution in [-0.2, 0) is 0 Å². The van der Waals surface area contributed by atoms with Crippen molar-refractivity contribution in [3.05, 3.63) is 82.7 Å². The molecule has 0 atom stereocenters. The predicted molar refractivity (Wildman–Crippen MR) is 137 cm³/mol. The Balaban J connectivity index is 1.35. The van der Waals surface area contributed by atoms with Crippen molar-refractivity contribution in [1.82, 2.24) is 0 Å². The Hall–Kier alpha value is -2.49. The van der Waals surface area contributed by atoms with Crippen molar-refractivity contribution in [3.8, 4) is 5.75 Å². The van der Waals surface area contributed by atoms with E-state index in [0.29, 0.717) is 29.6 Å². The van der Waals surface area contributed by atoms with Crippen LogP contribution < -0.4 is 4.74 Å². The minimum absolute atomic E-state index is 0.0524. The van der Waals surface area contributed by atoms with Gasteiger partial charge >= 0.3 is 0 Å². The van der Waals surface area contributed by atoms with Gasteiger partial charge in [0, 0.05) is 0 Å². The molecule has 0 aliphatic heterocycles. The summed E-state index contributed by atoms with van der Waals surface area (Å²) in [7, 11) is 0. The van der Waals surface area contributed by atoms with Gasteiger partial charge in [0.15, 0.2) is 23.2 Å². The maximum absolute atomic E-state index is 15.1. The summed E-state index contributed by atoms with van der Waals surface area (Å²) in [5.41, 5.74) is 1.89. The van der Waals surface area contributed by atoms with Crippen LogP contribution in [0.4, 0.5) is 13.2 Å². The molecule has 0 unspecified atom stereocenters. The van der Waals surface area contributed by atoms with E-state index in [1.54, 1.807) is 6.07 Å². The van der Waals surface area contributed by atoms with Crippen LogP contribution in [0.25, 0.3) is 6.08 Å². The topological polar surface area (TPSA) is 9.23 Å². The highest BCUT2D eigenvalue weighted by molar-refractivity contribution is 5.51. The van der Waals surface area contributed by atoms with Gasteiger partial charge in [-0.15, -0.1) is 0 Å². The number of rotatable bonds is 7. The SMILES string of the molecule is CC=CC1CCC(c2ccc(C3CCC(C=Cc4ccc(OCC)c(F)c4)CC3)c(F)c2F)CC1. The fourth-order valence-electron chi connectivity index (χ4n) is 5.87. The molecular weight excluding hydrogens is 445 g/mol. The smallest absolute Gasteiger partial charge is 0.165 e. The Morgan fingerprint density at radius 2 is 1.31 bits per heavy atom. The maximum Gasteiger partial charge on any atom is 0.165 e. The van der Waals surface area contributed by atoms with Crippen LogP contribution in [0.3, 0.4) is 0 Å². The average Bonchev–Trinajstić information content (AvgIpc) is 2.87. The van der Waals surface area contributed by atoms with Gasteiger partial charge in [-0.25, -0.2) is 13.2 Å². The summed E-state index contributed by atoms with van der Waals surface area (Å²) in [6, 6.07) is 8.68. The second-order valence-electron chi connectivity index (χ2n) is 10.1. The number of halogens is 3. The molecule has 0 heterocycles. The van der Waals surface area contributed by atoms with Gasteiger partial charge in [-0.3, -0.25) is 0 Å². The number of hydrogen-bond acceptors (Lipinski definition) is 1. The van der Waals surface area contributed by atoms with Crippen molar-refractivity contribution in [1.29, 1.82) is 0 Å². The summed E-state index contributed by atoms with van der Waals surface area (Å²) < 4.78 is 49.6. The molecule has 0 N–H and O–H groups in total. The molecule has 2 fully saturated rings. The summed E-state index contributed by atoms with van der Waals surface area (Å²) in [4.78, 5) is 0. The second-order valence-corrected chi connectivity index (χ2v) is 10.1. The van der Waals surface area contributed by atoms with Crippen molar-refractivity contribution < 1.29 is 17.9 Å². The number of ether oxygens (including phenoxy) is 1. The molecule has 0 saturated heterocycles. The van der Waals surface area contributed by atoms with Gasteiger partial charge < -0.3 is 4.74 Å². The third-order valence-electron chi connectivity index (χ3n) is 7.85. The Kier molecular flexibility index (Phi) is 8.75. The van der Waals surface area contributed by atoms with E-state index in [-0.39, 0.29) is 23.4 Å². The number of allylic oxidation sites excluding steroid dienone is 3. The molecule has 2 aromatic carbocycles. The van der Waals surface area contributed by atoms with E-state index >= 15 is 8.78 Å². The van der Waals surface area contributed by atoms with Gasteiger partial charge in [-0.2, -0.15) is 0 Å². The molecule has 1 nitrogen and oxygen atoms in total. The molecule has 2 aromatic rings. The molecule has 0 aromatic heterocycles. The lowest BCUT2D eigenvalue weighted by Gasteiger charge is -2.30. The van der Waals surface area contributed by atoms with Crippen molar-refractivity contribution in [3.63, 3.8) is 0 Å². The van der Waals surface area contributed by atoms with Crippen molar-refractivity contribution in [2.45, 2.75) is 77.0 Å². The zero-order valence-electron chi connectivity index (χ0n) is 20.9. The molecule has 35 heavy (non-hydrogen) atoms. The van der Waals surface area contributed by atoms with Crippen molar-refractivity contribution in [2.75, 3.05) is 6.61 Å². The summed E-state index contributed by atoms with van der Waals surface area (Å²) in [5, 5.41) is 0. The van der Waals surface area contributed by atoms with Crippen LogP contribution >= 0.6 is 0 Å². The monoisotopic (exact) mass is 482 g/mol. The van der Waals surface area contributed by atoms with Crippen LogP contribution in [0.1, 0.15) is 93.7 Å². The van der Waals surface area contributed by atoms with E-state index in [1.807, 2.05) is 38.1 Å². The Morgan fingerprint density at radius 1 is 0.771 bits per heavy atom. The van der Waals surface area contributed by atoms with E-state index in [2.05, 4.69) is 18.2 Å². The predicted octanol–water partition coefficient (Wildman–Crippen LogP) is 9.34. The minimum Gasteiger partial charge on any atom is -0.491 e. The lowest BCUT2D eigenvalue weighted by Crippen LogP contribution is -2.16. The van der Waals surface area contributed by atoms with Crippen molar-refractivity contribution in [2.24, 2.45) is 11.8 Å². The first-order valence-corrected chi connectivity index (χ1v) is 13.2. The third kappa shape index (κ3) is 6.20. The Bertz CT molecular complexity index is 1040. The fourth-order valence-corrected chi connectivity index (χ4v) is 5.87. The van der Waals surface area contributed by atoms with E-state index < -0.39 is 11.6 Å². The zero-order valence-corrected chi connectivity index (χ0v) is 20.9. The molecule has 0 radical (unpaired) electrons. The molecule has 4 rings (SSSR count). The molecule has 2 aliphatic carbocycles. The molecule has 188 valence electrons. The van der Waals surface area contributed by atoms with Crippen LogP contribution in [0, 0.1) is 29.3 Å². The first-order valence-electron chi connectivity index (χ1n) is 13.2. The first-order chi connectivity index (χ1) is 17.0. The number of benzene rings is 2. The summed E-state index contributed by atoms with van der Waals surface area (Å²) in [6.45, 7) is 4.29. The Morgan fingerprint density at radius 3 is 1.80 bits per heavy atom. The lowest BCUT2D eigenvalue weighted by molar-refractivity contribution is 0.321. The molecule has 0 bridgehead atoms. The van der Waals surface area contributed by atoms with Crippen LogP contribution in [0.2, 0.25) is 0 Å². The van der Waals surface area contributed by atoms with Gasteiger partial charge in [-0.1, -0.05) is 42.5 Å². The largest absolute Gasteiger partial charge is 0.491 e. The average molecular weight is 483 g/mol. The van der Waals surface area contributed by atoms with Crippen molar-refractivity contribution >= 4 is 6.08 Å². The van der Waals surface area contributed by atoms with E-state index in [0.717, 1.165) is 56.9 Å². The summed E-state index contributed by atoms with van der Waals surface area (Å²) >= 11 is 0.